The van der Waals surface area contributed by atoms with Crippen molar-refractivity contribution in [3.05, 3.63) is 199 Å². The Morgan fingerprint density at radius 3 is 1.59 bits per heavy atom. The highest BCUT2D eigenvalue weighted by molar-refractivity contribution is 7.87. The molecule has 4 aliphatic heterocycles. The summed E-state index contributed by atoms with van der Waals surface area (Å²) >= 11 is 0. The van der Waals surface area contributed by atoms with Gasteiger partial charge in [-0.25, -0.2) is 50.5 Å². The lowest BCUT2D eigenvalue weighted by Gasteiger charge is -2.28. The monoisotopic (exact) mass is 1570 g/mol. The number of fused-ring (bicyclic) bond motifs is 12. The van der Waals surface area contributed by atoms with Gasteiger partial charge in [-0.2, -0.15) is 9.15 Å². The van der Waals surface area contributed by atoms with E-state index in [1.54, 1.807) is 10.6 Å². The van der Waals surface area contributed by atoms with Gasteiger partial charge >= 0.3 is 0 Å². The second kappa shape index (κ2) is 28.5. The highest BCUT2D eigenvalue weighted by atomic mass is 32.2. The number of aliphatic hydroxyl groups is 2. The summed E-state index contributed by atoms with van der Waals surface area (Å²) in [4.78, 5) is 3.44. The first kappa shape index (κ1) is 78.7. The maximum atomic E-state index is 12.0. The summed E-state index contributed by atoms with van der Waals surface area (Å²) in [6, 6.07) is 20.7. The van der Waals surface area contributed by atoms with E-state index in [4.69, 9.17) is 0 Å². The first-order chi connectivity index (χ1) is 49.3. The molecule has 2 saturated carbocycles. The third kappa shape index (κ3) is 16.0. The molecule has 13 rings (SSSR count). The fourth-order valence-electron chi connectivity index (χ4n) is 18.0. The Morgan fingerprint density at radius 1 is 0.538 bits per heavy atom. The maximum Gasteiger partial charge on any atom is 0.209 e. The lowest BCUT2D eigenvalue weighted by molar-refractivity contribution is -0.448. The van der Waals surface area contributed by atoms with Crippen LogP contribution >= 0.6 is 0 Å². The fourth-order valence-corrected chi connectivity index (χ4v) is 21.1. The number of allylic oxidation sites excluding steroid dienone is 16. The van der Waals surface area contributed by atoms with Crippen LogP contribution in [0.2, 0.25) is 0 Å². The third-order valence-corrected chi connectivity index (χ3v) is 27.4. The maximum absolute atomic E-state index is 12.0. The van der Waals surface area contributed by atoms with Crippen LogP contribution in [0.4, 0.5) is 22.7 Å². The molecule has 2 fully saturated rings. The van der Waals surface area contributed by atoms with Crippen LogP contribution in [0.1, 0.15) is 151 Å². The summed E-state index contributed by atoms with van der Waals surface area (Å²) < 4.78 is 213. The zero-order chi connectivity index (χ0) is 77.0. The summed E-state index contributed by atoms with van der Waals surface area (Å²) in [5, 5.41) is 21.3. The molecule has 24 nitrogen and oxygen atoms in total. The van der Waals surface area contributed by atoms with Crippen LogP contribution in [0, 0.1) is 13.8 Å². The van der Waals surface area contributed by atoms with Gasteiger partial charge in [-0.05, 0) is 201 Å². The van der Waals surface area contributed by atoms with Crippen molar-refractivity contribution in [3.63, 3.8) is 0 Å². The zero-order valence-corrected chi connectivity index (χ0v) is 64.9. The molecule has 106 heavy (non-hydrogen) atoms. The second-order valence-corrected chi connectivity index (χ2v) is 39.2. The molecule has 6 unspecified atom stereocenters. The van der Waals surface area contributed by atoms with Crippen molar-refractivity contribution in [1.82, 2.24) is 0 Å². The molecular weight excluding hydrogens is 1480 g/mol. The van der Waals surface area contributed by atoms with E-state index in [1.165, 1.54) is 52.7 Å². The lowest BCUT2D eigenvalue weighted by atomic mass is 9.80. The number of β-amino-alcohol motifs (C(OH)–C–C–N with tert-alkyl or cyclic N) is 2. The van der Waals surface area contributed by atoms with Gasteiger partial charge in [-0.15, -0.1) is 0 Å². The van der Waals surface area contributed by atoms with Crippen LogP contribution in [0.15, 0.2) is 176 Å². The number of benzene rings is 4. The van der Waals surface area contributed by atoms with Gasteiger partial charge in [0.15, 0.2) is 18.0 Å². The smallest absolute Gasteiger partial charge is 0.209 e. The van der Waals surface area contributed by atoms with Crippen molar-refractivity contribution in [2.45, 2.75) is 176 Å². The van der Waals surface area contributed by atoms with E-state index in [0.717, 1.165) is 112 Å². The SMILES string of the molecule is CC(C=CC1=C2N(CC(O)CS(=O)(=O)[O-])c3ccc(C)cc3C2(C)CC1)=CC=C1CCC2(C)C1=[N+](CC(O)CS(=O)(=O)[O-])c1ccc(S(=O)(=O)[O-])cc12.Cc1ccc2c(c1)C1(C)CCC(C=C3C=C(C=C4CCC5(C)C4=[N+](CCCS(=O)(=O)[O-])c4ccc(S(=O)(=O)[O-])cc45)CCC3)=C1N2CCCS(=O)(=O)[O-]. The predicted molar refractivity (Wildman–Crippen MR) is 394 cm³/mol. The molecule has 0 saturated heterocycles. The molecule has 5 aliphatic carbocycles. The average Bonchev–Trinajstić information content (AvgIpc) is 1.58. The summed E-state index contributed by atoms with van der Waals surface area (Å²) in [6.45, 7) is 14.7. The Hall–Kier alpha value is -6.88. The number of nitrogens with zero attached hydrogens (tertiary/aromatic N) is 4. The van der Waals surface area contributed by atoms with Crippen molar-refractivity contribution in [2.24, 2.45) is 0 Å². The molecule has 2 N–H and O–H groups in total. The second-order valence-electron chi connectivity index (χ2n) is 30.5. The van der Waals surface area contributed by atoms with Crippen molar-refractivity contribution < 1.29 is 97.2 Å². The Bertz CT molecular complexity index is 5450. The van der Waals surface area contributed by atoms with E-state index in [9.17, 15) is 88.0 Å². The fraction of sp³-hybridized carbons (Fsp3) is 0.447. The molecule has 0 bridgehead atoms. The number of hydrogen-bond acceptors (Lipinski definition) is 22. The summed E-state index contributed by atoms with van der Waals surface area (Å²) in [5.41, 5.74) is 18.1. The molecule has 4 aromatic rings. The minimum Gasteiger partial charge on any atom is -0.748 e. The van der Waals surface area contributed by atoms with Crippen LogP contribution < -0.4 is 9.80 Å². The number of anilines is 2. The van der Waals surface area contributed by atoms with Crippen molar-refractivity contribution in [3.8, 4) is 0 Å². The summed E-state index contributed by atoms with van der Waals surface area (Å²) in [6.07, 6.45) is 20.4. The molecule has 0 spiro atoms. The molecule has 6 atom stereocenters. The van der Waals surface area contributed by atoms with Crippen LogP contribution in [-0.4, -0.2) is 170 Å². The highest BCUT2D eigenvalue weighted by Crippen LogP contribution is 2.59. The Morgan fingerprint density at radius 2 is 1.04 bits per heavy atom. The normalized spacial score (nSPS) is 25.4. The van der Waals surface area contributed by atoms with Gasteiger partial charge in [0.05, 0.1) is 78.7 Å². The molecular formula is C76H86N4O20S6-4. The van der Waals surface area contributed by atoms with E-state index in [2.05, 4.69) is 68.2 Å². The molecule has 0 radical (unpaired) electrons. The van der Waals surface area contributed by atoms with Gasteiger partial charge < -0.3 is 47.3 Å². The topological polar surface area (TPSA) is 396 Å². The molecule has 4 heterocycles. The zero-order valence-electron chi connectivity index (χ0n) is 60.0. The van der Waals surface area contributed by atoms with Crippen LogP contribution in [-0.2, 0) is 82.4 Å². The van der Waals surface area contributed by atoms with Gasteiger partial charge in [-0.1, -0.05) is 77.4 Å². The lowest BCUT2D eigenvalue weighted by Crippen LogP contribution is -2.36. The van der Waals surface area contributed by atoms with Gasteiger partial charge in [0.1, 0.15) is 32.9 Å². The number of rotatable bonds is 23. The first-order valence-corrected chi connectivity index (χ1v) is 44.4. The van der Waals surface area contributed by atoms with E-state index in [-0.39, 0.29) is 48.2 Å². The van der Waals surface area contributed by atoms with Crippen molar-refractivity contribution >= 4 is 94.9 Å². The molecule has 570 valence electrons. The summed E-state index contributed by atoms with van der Waals surface area (Å²) in [5.74, 6) is -2.84. The van der Waals surface area contributed by atoms with Gasteiger partial charge in [0.2, 0.25) is 11.4 Å². The number of aliphatic hydroxyl groups excluding tert-OH is 2. The van der Waals surface area contributed by atoms with Crippen molar-refractivity contribution in [1.29, 1.82) is 0 Å². The highest BCUT2D eigenvalue weighted by Gasteiger charge is 2.57. The Kier molecular flexibility index (Phi) is 21.2. The van der Waals surface area contributed by atoms with E-state index >= 15 is 0 Å². The average molecular weight is 1570 g/mol. The largest absolute Gasteiger partial charge is 0.748 e. The molecule has 30 heteroatoms. The number of hydrogen-bond donors (Lipinski definition) is 2. The molecule has 9 aliphatic rings. The van der Waals surface area contributed by atoms with Crippen LogP contribution in [0.3, 0.4) is 0 Å². The molecule has 0 amide bonds. The summed E-state index contributed by atoms with van der Waals surface area (Å²) in [7, 11) is -27.6. The minimum atomic E-state index is -4.77. The molecule has 0 aromatic heterocycles. The van der Waals surface area contributed by atoms with Gasteiger partial charge in [0, 0.05) is 99.0 Å². The van der Waals surface area contributed by atoms with Gasteiger partial charge in [0.25, 0.3) is 0 Å². The first-order valence-electron chi connectivity index (χ1n) is 35.3. The molecule has 4 aromatic carbocycles. The van der Waals surface area contributed by atoms with Gasteiger partial charge in [-0.3, -0.25) is 0 Å². The third-order valence-electron chi connectivity index (χ3n) is 22.6. The predicted octanol–water partition coefficient (Wildman–Crippen LogP) is 8.82. The Labute approximate surface area is 621 Å². The van der Waals surface area contributed by atoms with E-state index in [0.29, 0.717) is 60.4 Å². The van der Waals surface area contributed by atoms with Crippen molar-refractivity contribution in [2.75, 3.05) is 59.0 Å². The minimum absolute atomic E-state index is 0.0608. The Balaban J connectivity index is 0.000000199. The van der Waals surface area contributed by atoms with E-state index < -0.39 is 112 Å². The van der Waals surface area contributed by atoms with Crippen LogP contribution in [0.25, 0.3) is 0 Å². The van der Waals surface area contributed by atoms with E-state index in [1.807, 2.05) is 73.6 Å². The quantitative estimate of drug-likeness (QED) is 0.0397. The van der Waals surface area contributed by atoms with Crippen LogP contribution in [0.5, 0.6) is 0 Å². The standard InChI is InChI=1S/C39H46N2O9S3.C37H44N2O11S3/c1-26-9-11-34-32(21-26)38(2)15-13-29(36(38)40(34)17-5-19-51(42,43)44)23-27-7-4-8-28(22-27)24-30-14-16-39(3)33-25-31(53(48,49)50)10-12-35(33)41(37(30)39)18-6-20-52(45,46)47;1-23(5-8-25-13-15-36(3)30-17-24(2)7-11-32(30)38(34(25)36)19-27(40)21-51(42,43)44)6-9-26-14-16-37(4)31-18-29(53(48,49)50)10-12-33(31)39(35(26)37)20-28(41)22-52(45,46)47/h9-12,21-25H,4-8,13-20H2,1-3H3,(H2-,42,43,44,45,46,47,48,49,50);5-12,17-18,27-28,40-41H,13-16,19-22H2,1-4H3,(H2-,42,43,44,45,46,47,48,49,50)/p-4. The number of aryl methyl sites for hydroxylation is 2.